The second-order valence-electron chi connectivity index (χ2n) is 9.69. The van der Waals surface area contributed by atoms with Gasteiger partial charge in [-0.05, 0) is 29.5 Å². The average Bonchev–Trinajstić information content (AvgIpc) is 3.34. The van der Waals surface area contributed by atoms with E-state index in [2.05, 4.69) is 13.8 Å². The molecule has 0 radical (unpaired) electrons. The van der Waals surface area contributed by atoms with Gasteiger partial charge in [0, 0.05) is 47.2 Å². The van der Waals surface area contributed by atoms with Crippen molar-refractivity contribution in [1.29, 1.82) is 0 Å². The Balaban J connectivity index is 1.64. The van der Waals surface area contributed by atoms with E-state index in [1.54, 1.807) is 0 Å². The van der Waals surface area contributed by atoms with Gasteiger partial charge in [-0.1, -0.05) is 44.2 Å². The van der Waals surface area contributed by atoms with Gasteiger partial charge in [-0.2, -0.15) is 0 Å². The number of esters is 1. The van der Waals surface area contributed by atoms with E-state index < -0.39 is 11.9 Å². The topological polar surface area (TPSA) is 74.2 Å². The average molecular weight is 441 g/mol. The maximum absolute atomic E-state index is 13.5. The Bertz CT molecular complexity index is 1340. The molecule has 6 rings (SSSR count). The van der Waals surface area contributed by atoms with Crippen molar-refractivity contribution in [2.24, 2.45) is 10.4 Å². The fourth-order valence-electron chi connectivity index (χ4n) is 5.36. The first-order valence-electron chi connectivity index (χ1n) is 11.1. The molecular weight excluding hydrogens is 418 g/mol. The summed E-state index contributed by atoms with van der Waals surface area (Å²) in [6.45, 7) is 5.76. The maximum atomic E-state index is 13.5. The number of ether oxygens (including phenoxy) is 3. The van der Waals surface area contributed by atoms with Crippen LogP contribution >= 0.6 is 0 Å². The zero-order chi connectivity index (χ0) is 22.9. The minimum Gasteiger partial charge on any atom is -0.454 e. The molecule has 2 aliphatic heterocycles. The Kier molecular flexibility index (Phi) is 4.18. The number of hydrogen-bond donors (Lipinski definition) is 0. The monoisotopic (exact) mass is 441 g/mol. The molecule has 0 spiro atoms. The van der Waals surface area contributed by atoms with Crippen LogP contribution in [-0.4, -0.2) is 24.3 Å². The Morgan fingerprint density at radius 1 is 1.03 bits per heavy atom. The molecule has 33 heavy (non-hydrogen) atoms. The van der Waals surface area contributed by atoms with Gasteiger partial charge in [0.15, 0.2) is 17.3 Å². The summed E-state index contributed by atoms with van der Waals surface area (Å²) < 4.78 is 16.9. The number of fused-ring (bicyclic) bond motifs is 4. The lowest BCUT2D eigenvalue weighted by atomic mass is 9.68. The lowest BCUT2D eigenvalue weighted by Crippen LogP contribution is -2.32. The number of rotatable bonds is 2. The van der Waals surface area contributed by atoms with E-state index in [-0.39, 0.29) is 18.0 Å². The quantitative estimate of drug-likeness (QED) is 0.618. The molecule has 0 fully saturated rings. The predicted molar refractivity (Wildman–Crippen MR) is 122 cm³/mol. The van der Waals surface area contributed by atoms with Gasteiger partial charge < -0.3 is 14.2 Å². The number of benzene rings is 2. The molecule has 166 valence electrons. The van der Waals surface area contributed by atoms with Crippen LogP contribution in [0.3, 0.4) is 0 Å². The van der Waals surface area contributed by atoms with Gasteiger partial charge in [0.05, 0.1) is 5.71 Å². The smallest absolute Gasteiger partial charge is 0.308 e. The zero-order valence-corrected chi connectivity index (χ0v) is 18.7. The van der Waals surface area contributed by atoms with Crippen LogP contribution < -0.4 is 9.47 Å². The third kappa shape index (κ3) is 3.04. The van der Waals surface area contributed by atoms with Crippen molar-refractivity contribution < 1.29 is 23.8 Å². The number of aliphatic imine (C=N–C) groups is 1. The van der Waals surface area contributed by atoms with Gasteiger partial charge in [-0.3, -0.25) is 14.6 Å². The van der Waals surface area contributed by atoms with Gasteiger partial charge in [-0.25, -0.2) is 0 Å². The summed E-state index contributed by atoms with van der Waals surface area (Å²) >= 11 is 0. The van der Waals surface area contributed by atoms with E-state index in [0.29, 0.717) is 35.7 Å². The van der Waals surface area contributed by atoms with Crippen LogP contribution in [0.4, 0.5) is 0 Å². The van der Waals surface area contributed by atoms with E-state index in [1.807, 2.05) is 42.5 Å². The molecular formula is C27H23NO5. The number of ketones is 1. The molecule has 0 N–H and O–H groups in total. The standard InChI is InChI=1S/C27H23NO5/c1-14(29)33-26-17-7-5-4-6-16(17)25-24(26)22(15-8-9-20-21(10-15)32-13-31-20)23-18(28-25)11-27(2,3)12-19(23)30/h4-10,22H,11-13H2,1-3H3/t22-/m0/s1. The summed E-state index contributed by atoms with van der Waals surface area (Å²) in [6, 6.07) is 13.5. The van der Waals surface area contributed by atoms with E-state index in [9.17, 15) is 9.59 Å². The fourth-order valence-corrected chi connectivity index (χ4v) is 5.36. The van der Waals surface area contributed by atoms with Gasteiger partial charge in [-0.15, -0.1) is 0 Å². The number of Topliss-reactive ketones (excluding diaryl/α,β-unsaturated/α-hetero) is 1. The molecule has 1 atom stereocenters. The lowest BCUT2D eigenvalue weighted by Gasteiger charge is -2.37. The molecule has 4 aliphatic rings. The van der Waals surface area contributed by atoms with Gasteiger partial charge in [0.2, 0.25) is 6.79 Å². The molecule has 0 saturated carbocycles. The van der Waals surface area contributed by atoms with Crippen molar-refractivity contribution in [3.05, 3.63) is 76.0 Å². The molecule has 0 saturated heterocycles. The summed E-state index contributed by atoms with van der Waals surface area (Å²) in [5, 5.41) is 0. The van der Waals surface area contributed by atoms with Crippen LogP contribution in [0.1, 0.15) is 56.2 Å². The highest BCUT2D eigenvalue weighted by atomic mass is 16.7. The summed E-state index contributed by atoms with van der Waals surface area (Å²) in [5.41, 5.74) is 5.49. The van der Waals surface area contributed by atoms with Crippen molar-refractivity contribution in [2.75, 3.05) is 6.79 Å². The van der Waals surface area contributed by atoms with Crippen molar-refractivity contribution in [3.8, 4) is 11.5 Å². The van der Waals surface area contributed by atoms with E-state index in [1.165, 1.54) is 6.92 Å². The van der Waals surface area contributed by atoms with Crippen molar-refractivity contribution >= 4 is 23.2 Å². The summed E-state index contributed by atoms with van der Waals surface area (Å²) in [4.78, 5) is 30.7. The fraction of sp³-hybridized carbons (Fsp3) is 0.296. The maximum Gasteiger partial charge on any atom is 0.308 e. The molecule has 6 heteroatoms. The largest absolute Gasteiger partial charge is 0.454 e. The Labute approximate surface area is 191 Å². The van der Waals surface area contributed by atoms with Gasteiger partial charge >= 0.3 is 5.97 Å². The first kappa shape index (κ1) is 20.0. The predicted octanol–water partition coefficient (Wildman–Crippen LogP) is 4.93. The van der Waals surface area contributed by atoms with Crippen LogP contribution in [0.15, 0.2) is 64.3 Å². The van der Waals surface area contributed by atoms with Crippen LogP contribution in [0.2, 0.25) is 0 Å². The van der Waals surface area contributed by atoms with Crippen molar-refractivity contribution in [3.63, 3.8) is 0 Å². The number of allylic oxidation sites excluding steroid dienone is 3. The van der Waals surface area contributed by atoms with Crippen molar-refractivity contribution in [2.45, 2.75) is 39.5 Å². The van der Waals surface area contributed by atoms with E-state index in [0.717, 1.165) is 33.7 Å². The molecule has 2 heterocycles. The van der Waals surface area contributed by atoms with Crippen molar-refractivity contribution in [1.82, 2.24) is 0 Å². The number of nitrogens with zero attached hydrogens (tertiary/aromatic N) is 1. The first-order chi connectivity index (χ1) is 15.8. The van der Waals surface area contributed by atoms with Crippen LogP contribution in [0, 0.1) is 5.41 Å². The summed E-state index contributed by atoms with van der Waals surface area (Å²) in [5.74, 6) is 1.06. The van der Waals surface area contributed by atoms with Gasteiger partial charge in [0.1, 0.15) is 5.76 Å². The van der Waals surface area contributed by atoms with E-state index in [4.69, 9.17) is 19.2 Å². The highest BCUT2D eigenvalue weighted by Crippen LogP contribution is 2.53. The molecule has 2 aromatic rings. The molecule has 2 aliphatic carbocycles. The summed E-state index contributed by atoms with van der Waals surface area (Å²) in [6.07, 6.45) is 1.15. The van der Waals surface area contributed by atoms with E-state index >= 15 is 0 Å². The third-order valence-electron chi connectivity index (χ3n) is 6.62. The lowest BCUT2D eigenvalue weighted by molar-refractivity contribution is -0.134. The SMILES string of the molecule is CC(=O)OC1=C2C(=NC3=C(C(=O)CC(C)(C)C3)[C@@H]2c2ccc3c(c2)OCO3)c2ccccc21. The normalized spacial score (nSPS) is 22.0. The highest BCUT2D eigenvalue weighted by Gasteiger charge is 2.46. The molecule has 2 aromatic carbocycles. The Morgan fingerprint density at radius 2 is 1.79 bits per heavy atom. The second kappa shape index (κ2) is 6.91. The highest BCUT2D eigenvalue weighted by molar-refractivity contribution is 6.26. The zero-order valence-electron chi connectivity index (χ0n) is 18.7. The minimum absolute atomic E-state index is 0.0809. The number of carbonyl (C=O) groups is 2. The molecule has 0 aromatic heterocycles. The van der Waals surface area contributed by atoms with Crippen LogP contribution in [0.25, 0.3) is 5.76 Å². The molecule has 0 bridgehead atoms. The van der Waals surface area contributed by atoms with Gasteiger partial charge in [0.25, 0.3) is 0 Å². The molecule has 0 amide bonds. The number of hydrogen-bond acceptors (Lipinski definition) is 6. The molecule has 6 nitrogen and oxygen atoms in total. The van der Waals surface area contributed by atoms with Crippen LogP contribution in [0.5, 0.6) is 11.5 Å². The number of carbonyl (C=O) groups excluding carboxylic acids is 2. The second-order valence-corrected chi connectivity index (χ2v) is 9.69. The third-order valence-corrected chi connectivity index (χ3v) is 6.62. The first-order valence-corrected chi connectivity index (χ1v) is 11.1. The Morgan fingerprint density at radius 3 is 2.58 bits per heavy atom. The summed E-state index contributed by atoms with van der Waals surface area (Å²) in [7, 11) is 0. The molecule has 0 unspecified atom stereocenters. The minimum atomic E-state index is -0.410. The Hall–Kier alpha value is -3.67. The van der Waals surface area contributed by atoms with Crippen LogP contribution in [-0.2, 0) is 14.3 Å².